The van der Waals surface area contributed by atoms with Crippen LogP contribution < -0.4 is 5.32 Å². The molecule has 0 bridgehead atoms. The van der Waals surface area contributed by atoms with E-state index in [9.17, 15) is 0 Å². The number of aryl methyl sites for hydroxylation is 2. The topological polar surface area (TPSA) is 29.9 Å². The minimum absolute atomic E-state index is 0.359. The molecule has 1 atom stereocenters. The van der Waals surface area contributed by atoms with E-state index >= 15 is 0 Å². The van der Waals surface area contributed by atoms with Crippen LogP contribution in [-0.4, -0.2) is 23.4 Å². The van der Waals surface area contributed by atoms with Crippen LogP contribution in [0.15, 0.2) is 4.47 Å². The Kier molecular flexibility index (Phi) is 3.64. The van der Waals surface area contributed by atoms with Crippen LogP contribution in [0.1, 0.15) is 31.2 Å². The summed E-state index contributed by atoms with van der Waals surface area (Å²) in [6, 6.07) is 0. The molecule has 1 aliphatic rings. The van der Waals surface area contributed by atoms with Crippen LogP contribution in [0.4, 0.5) is 0 Å². The monoisotopic (exact) mass is 299 g/mol. The van der Waals surface area contributed by atoms with Crippen molar-refractivity contribution in [3.05, 3.63) is 15.9 Å². The number of nitrogens with zero attached hydrogens (tertiary/aromatic N) is 2. The summed E-state index contributed by atoms with van der Waals surface area (Å²) in [5.41, 5.74) is 2.77. The van der Waals surface area contributed by atoms with Gasteiger partial charge in [0.2, 0.25) is 0 Å². The van der Waals surface area contributed by atoms with Crippen LogP contribution >= 0.6 is 15.9 Å². The largest absolute Gasteiger partial charge is 0.319 e. The third-order valence-corrected chi connectivity index (χ3v) is 5.01. The predicted octanol–water partition coefficient (Wildman–Crippen LogP) is 2.67. The molecular formula is C13H22BrN3. The molecule has 0 radical (unpaired) electrons. The van der Waals surface area contributed by atoms with Gasteiger partial charge in [-0.15, -0.1) is 0 Å². The number of halogens is 1. The van der Waals surface area contributed by atoms with E-state index in [-0.39, 0.29) is 0 Å². The highest BCUT2D eigenvalue weighted by Crippen LogP contribution is 2.47. The molecule has 0 aromatic carbocycles. The van der Waals surface area contributed by atoms with E-state index in [1.165, 1.54) is 23.0 Å². The van der Waals surface area contributed by atoms with Gasteiger partial charge in [0.25, 0.3) is 0 Å². The summed E-state index contributed by atoms with van der Waals surface area (Å²) in [4.78, 5) is 0. The van der Waals surface area contributed by atoms with Crippen molar-refractivity contribution in [2.75, 3.05) is 13.6 Å². The van der Waals surface area contributed by atoms with Gasteiger partial charge in [0.1, 0.15) is 0 Å². The van der Waals surface area contributed by atoms with E-state index in [2.05, 4.69) is 40.2 Å². The highest BCUT2D eigenvalue weighted by Gasteiger charge is 2.41. The van der Waals surface area contributed by atoms with Crippen molar-refractivity contribution in [2.45, 2.75) is 33.1 Å². The third-order valence-electron chi connectivity index (χ3n) is 3.98. The highest BCUT2D eigenvalue weighted by atomic mass is 79.9. The number of rotatable bonds is 5. The fourth-order valence-corrected chi connectivity index (χ4v) is 3.27. The second-order valence-electron chi connectivity index (χ2n) is 5.61. The Morgan fingerprint density at radius 2 is 2.18 bits per heavy atom. The number of nitrogens with one attached hydrogen (secondary N) is 1. The smallest absolute Gasteiger partial charge is 0.0738 e. The van der Waals surface area contributed by atoms with Crippen molar-refractivity contribution in [1.29, 1.82) is 0 Å². The van der Waals surface area contributed by atoms with Gasteiger partial charge in [-0.25, -0.2) is 0 Å². The first kappa shape index (κ1) is 13.1. The van der Waals surface area contributed by atoms with Crippen LogP contribution in [0.3, 0.4) is 0 Å². The molecule has 1 fully saturated rings. The molecule has 1 aromatic heterocycles. The maximum atomic E-state index is 4.48. The van der Waals surface area contributed by atoms with Crippen LogP contribution in [0.25, 0.3) is 0 Å². The Morgan fingerprint density at radius 1 is 1.53 bits per heavy atom. The van der Waals surface area contributed by atoms with E-state index in [1.54, 1.807) is 0 Å². The van der Waals surface area contributed by atoms with Gasteiger partial charge in [-0.3, -0.25) is 4.68 Å². The molecule has 1 unspecified atom stereocenters. The van der Waals surface area contributed by atoms with Crippen molar-refractivity contribution in [1.82, 2.24) is 15.1 Å². The average molecular weight is 300 g/mol. The summed E-state index contributed by atoms with van der Waals surface area (Å²) in [6.07, 6.45) is 3.86. The number of hydrogen-bond donors (Lipinski definition) is 1. The van der Waals surface area contributed by atoms with E-state index in [0.29, 0.717) is 5.41 Å². The van der Waals surface area contributed by atoms with Crippen LogP contribution in [-0.2, 0) is 13.5 Å². The van der Waals surface area contributed by atoms with E-state index in [1.807, 2.05) is 18.8 Å². The molecule has 1 N–H and O–H groups in total. The Labute approximate surface area is 112 Å². The summed E-state index contributed by atoms with van der Waals surface area (Å²) in [7, 11) is 4.09. The maximum absolute atomic E-state index is 4.48. The number of aromatic nitrogens is 2. The first-order valence-corrected chi connectivity index (χ1v) is 7.10. The van der Waals surface area contributed by atoms with Gasteiger partial charge < -0.3 is 5.32 Å². The molecular weight excluding hydrogens is 278 g/mol. The van der Waals surface area contributed by atoms with E-state index in [4.69, 9.17) is 0 Å². The zero-order valence-corrected chi connectivity index (χ0v) is 12.8. The second kappa shape index (κ2) is 4.73. The molecule has 4 heteroatoms. The first-order chi connectivity index (χ1) is 7.98. The first-order valence-electron chi connectivity index (χ1n) is 6.30. The van der Waals surface area contributed by atoms with Gasteiger partial charge in [-0.05, 0) is 60.5 Å². The molecule has 3 nitrogen and oxygen atoms in total. The van der Waals surface area contributed by atoms with Crippen LogP contribution in [0.2, 0.25) is 0 Å². The molecule has 0 spiro atoms. The highest BCUT2D eigenvalue weighted by molar-refractivity contribution is 9.10. The van der Waals surface area contributed by atoms with Gasteiger partial charge >= 0.3 is 0 Å². The average Bonchev–Trinajstić information content (AvgIpc) is 3.05. The van der Waals surface area contributed by atoms with Crippen molar-refractivity contribution in [3.63, 3.8) is 0 Å². The van der Waals surface area contributed by atoms with E-state index < -0.39 is 0 Å². The molecule has 1 aromatic rings. The van der Waals surface area contributed by atoms with E-state index in [0.717, 1.165) is 24.6 Å². The SMILES string of the molecule is CNCC(C)(Cc1c(Br)c(C)nn1C)C1CC1. The van der Waals surface area contributed by atoms with Crippen molar-refractivity contribution >= 4 is 15.9 Å². The zero-order chi connectivity index (χ0) is 12.6. The zero-order valence-electron chi connectivity index (χ0n) is 11.2. The van der Waals surface area contributed by atoms with Crippen molar-refractivity contribution in [2.24, 2.45) is 18.4 Å². The Bertz CT molecular complexity index is 409. The van der Waals surface area contributed by atoms with Crippen LogP contribution in [0, 0.1) is 18.3 Å². The molecule has 2 rings (SSSR count). The molecule has 1 saturated carbocycles. The lowest BCUT2D eigenvalue weighted by molar-refractivity contribution is 0.256. The molecule has 1 heterocycles. The Balaban J connectivity index is 2.22. The molecule has 17 heavy (non-hydrogen) atoms. The second-order valence-corrected chi connectivity index (χ2v) is 6.40. The molecule has 0 saturated heterocycles. The summed E-state index contributed by atoms with van der Waals surface area (Å²) in [5.74, 6) is 0.872. The fraction of sp³-hybridized carbons (Fsp3) is 0.769. The lowest BCUT2D eigenvalue weighted by Crippen LogP contribution is -2.34. The molecule has 0 amide bonds. The summed E-state index contributed by atoms with van der Waals surface area (Å²) in [5, 5.41) is 7.83. The van der Waals surface area contributed by atoms with Gasteiger partial charge in [-0.2, -0.15) is 5.10 Å². The summed E-state index contributed by atoms with van der Waals surface area (Å²) in [6.45, 7) is 5.53. The Hall–Kier alpha value is -0.350. The summed E-state index contributed by atoms with van der Waals surface area (Å²) >= 11 is 3.67. The predicted molar refractivity (Wildman–Crippen MR) is 74.1 cm³/mol. The van der Waals surface area contributed by atoms with Crippen molar-refractivity contribution in [3.8, 4) is 0 Å². The molecule has 1 aliphatic carbocycles. The van der Waals surface area contributed by atoms with Crippen LogP contribution in [0.5, 0.6) is 0 Å². The van der Waals surface area contributed by atoms with Gasteiger partial charge in [0.15, 0.2) is 0 Å². The summed E-state index contributed by atoms with van der Waals surface area (Å²) < 4.78 is 3.21. The minimum Gasteiger partial charge on any atom is -0.319 e. The maximum Gasteiger partial charge on any atom is 0.0738 e. The minimum atomic E-state index is 0.359. The molecule has 96 valence electrons. The Morgan fingerprint density at radius 3 is 2.59 bits per heavy atom. The molecule has 0 aliphatic heterocycles. The third kappa shape index (κ3) is 2.58. The van der Waals surface area contributed by atoms with Gasteiger partial charge in [0.05, 0.1) is 15.9 Å². The lowest BCUT2D eigenvalue weighted by atomic mass is 9.80. The quantitative estimate of drug-likeness (QED) is 0.906. The van der Waals surface area contributed by atoms with Gasteiger partial charge in [-0.1, -0.05) is 6.92 Å². The normalized spacial score (nSPS) is 19.4. The number of hydrogen-bond acceptors (Lipinski definition) is 2. The van der Waals surface area contributed by atoms with Gasteiger partial charge in [0, 0.05) is 13.6 Å². The standard InChI is InChI=1S/C13H22BrN3/c1-9-12(14)11(17(4)16-9)7-13(2,8-15-3)10-5-6-10/h10,15H,5-8H2,1-4H3. The fourth-order valence-electron chi connectivity index (χ4n) is 2.79. The van der Waals surface area contributed by atoms with Crippen molar-refractivity contribution < 1.29 is 0 Å². The lowest BCUT2D eigenvalue weighted by Gasteiger charge is -2.29.